The van der Waals surface area contributed by atoms with Crippen molar-refractivity contribution < 1.29 is 80.2 Å². The van der Waals surface area contributed by atoms with Crippen molar-refractivity contribution in [3.05, 3.63) is 24.3 Å². The summed E-state index contributed by atoms with van der Waals surface area (Å²) in [4.78, 5) is 73.2. The first kappa shape index (κ1) is 102. The number of carbonyl (C=O) groups excluding carboxylic acids is 4. The van der Waals surface area contributed by atoms with E-state index in [1.165, 1.54) is 244 Å². The lowest BCUT2D eigenvalue weighted by Crippen LogP contribution is -2.30. The first-order valence-electron chi connectivity index (χ1n) is 43.5. The van der Waals surface area contributed by atoms with Gasteiger partial charge in [-0.05, 0) is 57.3 Å². The molecule has 0 amide bonds. The average Bonchev–Trinajstić information content (AvgIpc) is 0.972. The summed E-state index contributed by atoms with van der Waals surface area (Å²) in [5, 5.41) is 10.7. The molecule has 0 saturated carbocycles. The molecule has 0 aromatic heterocycles. The van der Waals surface area contributed by atoms with E-state index < -0.39 is 97.5 Å². The summed E-state index contributed by atoms with van der Waals surface area (Å²) in [7, 11) is -9.94. The Balaban J connectivity index is 5.28. The van der Waals surface area contributed by atoms with Gasteiger partial charge >= 0.3 is 39.5 Å². The van der Waals surface area contributed by atoms with Crippen LogP contribution in [0, 0.1) is 5.92 Å². The second-order valence-electron chi connectivity index (χ2n) is 30.1. The maximum atomic E-state index is 13.1. The topological polar surface area (TPSA) is 237 Å². The summed E-state index contributed by atoms with van der Waals surface area (Å²) in [6.45, 7) is 7.29. The van der Waals surface area contributed by atoms with Gasteiger partial charge in [-0.25, -0.2) is 9.13 Å². The van der Waals surface area contributed by atoms with E-state index in [2.05, 4.69) is 58.9 Å². The molecule has 6 atom stereocenters. The zero-order valence-corrected chi connectivity index (χ0v) is 69.4. The molecule has 0 bridgehead atoms. The standard InChI is InChI=1S/C85H162O17P2/c1-6-10-13-16-19-22-25-28-31-33-34-35-36-37-40-43-46-49-56-61-66-71-84(89)101-80(74-95-82(87)68-63-58-53-47-44-41-39-32-29-26-23-20-17-14-11-7-2)76-99-103(91,92)97-72-79(86)73-98-104(93,94)100-77-81(75-96-83(88)69-64-59-54-51-50-52-57-62-67-78(5)9-4)102-85(90)70-65-60-55-48-45-42-38-30-27-24-21-18-15-12-8-3/h24,27,30,38,78-81,86H,6-23,25-26,28-29,31-37,39-77H2,1-5H3,(H,91,92)(H,93,94)/b27-24-,38-30-/t78?,79-,80-,81-/m1/s1. The minimum absolute atomic E-state index is 0.0851. The van der Waals surface area contributed by atoms with Crippen LogP contribution in [0.3, 0.4) is 0 Å². The van der Waals surface area contributed by atoms with Crippen molar-refractivity contribution in [2.24, 2.45) is 5.92 Å². The predicted octanol–water partition coefficient (Wildman–Crippen LogP) is 25.5. The Morgan fingerprint density at radius 1 is 0.308 bits per heavy atom. The number of carbonyl (C=O) groups is 4. The molecule has 614 valence electrons. The van der Waals surface area contributed by atoms with E-state index in [1.54, 1.807) is 0 Å². The number of aliphatic hydroxyl groups is 1. The molecule has 0 radical (unpaired) electrons. The number of hydrogen-bond acceptors (Lipinski definition) is 15. The van der Waals surface area contributed by atoms with Crippen molar-refractivity contribution in [1.29, 1.82) is 0 Å². The number of rotatable bonds is 83. The van der Waals surface area contributed by atoms with Crippen LogP contribution in [0.5, 0.6) is 0 Å². The van der Waals surface area contributed by atoms with Crippen molar-refractivity contribution in [1.82, 2.24) is 0 Å². The number of phosphoric ester groups is 2. The van der Waals surface area contributed by atoms with E-state index in [9.17, 15) is 43.2 Å². The van der Waals surface area contributed by atoms with Gasteiger partial charge in [-0.2, -0.15) is 0 Å². The van der Waals surface area contributed by atoms with Crippen LogP contribution < -0.4 is 0 Å². The summed E-state index contributed by atoms with van der Waals surface area (Å²) in [6.07, 6.45) is 73.0. The molecule has 0 aromatic rings. The molecule has 104 heavy (non-hydrogen) atoms. The quantitative estimate of drug-likeness (QED) is 0.0169. The molecule has 0 fully saturated rings. The Labute approximate surface area is 637 Å². The fraction of sp³-hybridized carbons (Fsp3) is 0.906. The summed E-state index contributed by atoms with van der Waals surface area (Å²) in [5.41, 5.74) is 0. The minimum atomic E-state index is -4.97. The fourth-order valence-electron chi connectivity index (χ4n) is 12.7. The van der Waals surface area contributed by atoms with E-state index in [0.717, 1.165) is 109 Å². The van der Waals surface area contributed by atoms with Crippen LogP contribution in [0.15, 0.2) is 24.3 Å². The third-order valence-corrected chi connectivity index (χ3v) is 21.7. The van der Waals surface area contributed by atoms with Gasteiger partial charge in [-0.3, -0.25) is 37.3 Å². The maximum absolute atomic E-state index is 13.1. The van der Waals surface area contributed by atoms with Gasteiger partial charge in [-0.15, -0.1) is 0 Å². The molecule has 0 rings (SSSR count). The number of phosphoric acid groups is 2. The lowest BCUT2D eigenvalue weighted by molar-refractivity contribution is -0.161. The number of ether oxygens (including phenoxy) is 4. The molecule has 0 aromatic carbocycles. The van der Waals surface area contributed by atoms with Crippen LogP contribution >= 0.6 is 15.6 Å². The molecule has 0 spiro atoms. The van der Waals surface area contributed by atoms with Crippen molar-refractivity contribution in [3.8, 4) is 0 Å². The molecule has 0 heterocycles. The van der Waals surface area contributed by atoms with Crippen molar-refractivity contribution in [2.75, 3.05) is 39.6 Å². The van der Waals surface area contributed by atoms with Gasteiger partial charge in [0.05, 0.1) is 26.4 Å². The Bertz CT molecular complexity index is 2080. The summed E-state index contributed by atoms with van der Waals surface area (Å²) in [5.74, 6) is -1.36. The van der Waals surface area contributed by atoms with E-state index in [-0.39, 0.29) is 25.7 Å². The van der Waals surface area contributed by atoms with Gasteiger partial charge in [0.25, 0.3) is 0 Å². The van der Waals surface area contributed by atoms with E-state index in [4.69, 9.17) is 37.0 Å². The Morgan fingerprint density at radius 2 is 0.538 bits per heavy atom. The third-order valence-electron chi connectivity index (χ3n) is 19.8. The van der Waals surface area contributed by atoms with Crippen LogP contribution in [0.25, 0.3) is 0 Å². The highest BCUT2D eigenvalue weighted by atomic mass is 31.2. The molecule has 0 saturated heterocycles. The highest BCUT2D eigenvalue weighted by Crippen LogP contribution is 2.45. The van der Waals surface area contributed by atoms with Crippen LogP contribution in [-0.2, 0) is 65.4 Å². The van der Waals surface area contributed by atoms with Gasteiger partial charge < -0.3 is 33.8 Å². The number of esters is 4. The number of aliphatic hydroxyl groups excluding tert-OH is 1. The zero-order valence-electron chi connectivity index (χ0n) is 67.7. The van der Waals surface area contributed by atoms with Gasteiger partial charge in [0.2, 0.25) is 0 Å². The molecule has 17 nitrogen and oxygen atoms in total. The lowest BCUT2D eigenvalue weighted by atomic mass is 9.99. The SMILES string of the molecule is CCCCCC/C=C\C=C/CCCCCCCC(=O)O[C@H](COC(=O)CCCCCCCCCCC(C)CC)COP(=O)(O)OC[C@H](O)COP(=O)(O)OC[C@@H](COC(=O)CCCCCCCCCCCCCCCCCC)OC(=O)CCCCCCCCCCCCCCCCCCCCCCC. The molecule has 0 aliphatic heterocycles. The van der Waals surface area contributed by atoms with Gasteiger partial charge in [0, 0.05) is 25.7 Å². The fourth-order valence-corrected chi connectivity index (χ4v) is 14.3. The maximum Gasteiger partial charge on any atom is 0.472 e. The smallest absolute Gasteiger partial charge is 0.462 e. The Hall–Kier alpha value is -2.46. The highest BCUT2D eigenvalue weighted by molar-refractivity contribution is 7.47. The van der Waals surface area contributed by atoms with Gasteiger partial charge in [0.15, 0.2) is 12.2 Å². The van der Waals surface area contributed by atoms with E-state index in [0.29, 0.717) is 25.7 Å². The van der Waals surface area contributed by atoms with Gasteiger partial charge in [-0.1, -0.05) is 380 Å². The zero-order chi connectivity index (χ0) is 76.2. The molecule has 0 aliphatic rings. The van der Waals surface area contributed by atoms with Crippen molar-refractivity contribution in [3.63, 3.8) is 0 Å². The monoisotopic (exact) mass is 1520 g/mol. The summed E-state index contributed by atoms with van der Waals surface area (Å²) >= 11 is 0. The van der Waals surface area contributed by atoms with E-state index >= 15 is 0 Å². The number of unbranched alkanes of at least 4 members (excludes halogenated alkanes) is 51. The average molecular weight is 1520 g/mol. The first-order valence-corrected chi connectivity index (χ1v) is 46.5. The Morgan fingerprint density at radius 3 is 0.817 bits per heavy atom. The van der Waals surface area contributed by atoms with Crippen molar-refractivity contribution >= 4 is 39.5 Å². The molecular weight excluding hydrogens is 1350 g/mol. The summed E-state index contributed by atoms with van der Waals surface area (Å²) in [6, 6.07) is 0. The van der Waals surface area contributed by atoms with Crippen LogP contribution in [-0.4, -0.2) is 96.7 Å². The molecule has 3 N–H and O–H groups in total. The van der Waals surface area contributed by atoms with Crippen molar-refractivity contribution in [2.45, 2.75) is 451 Å². The number of allylic oxidation sites excluding steroid dienone is 4. The second kappa shape index (κ2) is 77.3. The van der Waals surface area contributed by atoms with Crippen LogP contribution in [0.1, 0.15) is 433 Å². The molecular formula is C85H162O17P2. The molecule has 3 unspecified atom stereocenters. The van der Waals surface area contributed by atoms with E-state index in [1.807, 2.05) is 0 Å². The molecule has 19 heteroatoms. The second-order valence-corrected chi connectivity index (χ2v) is 33.0. The number of hydrogen-bond donors (Lipinski definition) is 3. The lowest BCUT2D eigenvalue weighted by Gasteiger charge is -2.21. The normalized spacial score (nSPS) is 14.2. The predicted molar refractivity (Wildman–Crippen MR) is 428 cm³/mol. The molecule has 0 aliphatic carbocycles. The third kappa shape index (κ3) is 76.3. The highest BCUT2D eigenvalue weighted by Gasteiger charge is 2.30. The Kier molecular flexibility index (Phi) is 75.4. The van der Waals surface area contributed by atoms with Gasteiger partial charge in [0.1, 0.15) is 19.3 Å². The van der Waals surface area contributed by atoms with Crippen LogP contribution in [0.4, 0.5) is 0 Å². The minimum Gasteiger partial charge on any atom is -0.462 e. The largest absolute Gasteiger partial charge is 0.472 e. The summed E-state index contributed by atoms with van der Waals surface area (Å²) < 4.78 is 68.8. The first-order chi connectivity index (χ1) is 50.6. The van der Waals surface area contributed by atoms with Crippen LogP contribution in [0.2, 0.25) is 0 Å².